The van der Waals surface area contributed by atoms with E-state index >= 15 is 0 Å². The van der Waals surface area contributed by atoms with Crippen molar-refractivity contribution < 1.29 is 23.1 Å². The highest BCUT2D eigenvalue weighted by atomic mass is 32.2. The number of hydrogen-bond donors (Lipinski definition) is 2. The molecule has 1 aliphatic heterocycles. The fourth-order valence-electron chi connectivity index (χ4n) is 1.85. The van der Waals surface area contributed by atoms with E-state index in [-0.39, 0.29) is 11.3 Å². The lowest BCUT2D eigenvalue weighted by Gasteiger charge is -2.26. The van der Waals surface area contributed by atoms with E-state index in [1.54, 1.807) is 5.01 Å². The molecule has 1 fully saturated rings. The number of hydrazine groups is 1. The van der Waals surface area contributed by atoms with Gasteiger partial charge in [0.25, 0.3) is 0 Å². The minimum Gasteiger partial charge on any atom is -0.478 e. The lowest BCUT2D eigenvalue weighted by atomic mass is 10.1. The second-order valence-corrected chi connectivity index (χ2v) is 6.15. The molecule has 7 nitrogen and oxygen atoms in total. The van der Waals surface area contributed by atoms with Gasteiger partial charge in [-0.05, 0) is 17.7 Å². The monoisotopic (exact) mass is 300 g/mol. The second-order valence-electron chi connectivity index (χ2n) is 4.45. The molecular formula is C12H16N2O5S. The van der Waals surface area contributed by atoms with E-state index in [9.17, 15) is 13.2 Å². The molecule has 20 heavy (non-hydrogen) atoms. The molecule has 0 unspecified atom stereocenters. The van der Waals surface area contributed by atoms with Crippen LogP contribution in [-0.2, 0) is 20.5 Å². The normalized spacial score (nSPS) is 17.0. The van der Waals surface area contributed by atoms with Crippen molar-refractivity contribution in [1.29, 1.82) is 0 Å². The minimum atomic E-state index is -3.49. The van der Waals surface area contributed by atoms with Gasteiger partial charge in [-0.2, -0.15) is 0 Å². The Morgan fingerprint density at radius 2 is 1.85 bits per heavy atom. The van der Waals surface area contributed by atoms with Gasteiger partial charge in [0.05, 0.1) is 24.5 Å². The van der Waals surface area contributed by atoms with Gasteiger partial charge in [0.1, 0.15) is 0 Å². The van der Waals surface area contributed by atoms with E-state index in [1.165, 1.54) is 24.3 Å². The molecule has 1 saturated heterocycles. The van der Waals surface area contributed by atoms with Gasteiger partial charge >= 0.3 is 5.97 Å². The van der Waals surface area contributed by atoms with Crippen LogP contribution in [0.15, 0.2) is 24.3 Å². The summed E-state index contributed by atoms with van der Waals surface area (Å²) in [4.78, 5) is 13.2. The number of ether oxygens (including phenoxy) is 1. The maximum atomic E-state index is 12.0. The Morgan fingerprint density at radius 1 is 1.25 bits per heavy atom. The molecule has 2 rings (SSSR count). The van der Waals surface area contributed by atoms with Gasteiger partial charge in [0.2, 0.25) is 10.0 Å². The summed E-state index contributed by atoms with van der Waals surface area (Å²) in [5.41, 5.74) is 0.669. The van der Waals surface area contributed by atoms with Crippen molar-refractivity contribution in [2.45, 2.75) is 5.75 Å². The first kappa shape index (κ1) is 14.9. The van der Waals surface area contributed by atoms with Gasteiger partial charge in [0.15, 0.2) is 0 Å². The fourth-order valence-corrected chi connectivity index (χ4v) is 3.12. The van der Waals surface area contributed by atoms with Gasteiger partial charge in [0, 0.05) is 13.1 Å². The molecule has 0 saturated carbocycles. The maximum absolute atomic E-state index is 12.0. The quantitative estimate of drug-likeness (QED) is 0.798. The highest BCUT2D eigenvalue weighted by molar-refractivity contribution is 7.88. The molecule has 1 heterocycles. The molecule has 110 valence electrons. The average molecular weight is 300 g/mol. The Kier molecular flexibility index (Phi) is 4.71. The van der Waals surface area contributed by atoms with Crippen LogP contribution in [0, 0.1) is 0 Å². The number of carboxylic acid groups (broad SMARTS) is 1. The van der Waals surface area contributed by atoms with Crippen molar-refractivity contribution in [2.24, 2.45) is 0 Å². The van der Waals surface area contributed by atoms with Gasteiger partial charge in [-0.15, -0.1) is 4.83 Å². The topological polar surface area (TPSA) is 95.9 Å². The summed E-state index contributed by atoms with van der Waals surface area (Å²) in [5.74, 6) is -1.23. The lowest BCUT2D eigenvalue weighted by Crippen LogP contribution is -2.48. The molecule has 0 bridgehead atoms. The molecule has 1 aromatic rings. The van der Waals surface area contributed by atoms with Crippen molar-refractivity contribution in [3.63, 3.8) is 0 Å². The zero-order chi connectivity index (χ0) is 14.6. The lowest BCUT2D eigenvalue weighted by molar-refractivity contribution is 0.0272. The maximum Gasteiger partial charge on any atom is 0.335 e. The fraction of sp³-hybridized carbons (Fsp3) is 0.417. The number of nitrogens with one attached hydrogen (secondary N) is 1. The molecule has 1 aromatic carbocycles. The third-order valence-electron chi connectivity index (χ3n) is 2.84. The van der Waals surface area contributed by atoms with Crippen molar-refractivity contribution in [3.8, 4) is 0 Å². The van der Waals surface area contributed by atoms with Crippen LogP contribution in [-0.4, -0.2) is 50.8 Å². The molecule has 0 spiro atoms. The zero-order valence-corrected chi connectivity index (χ0v) is 11.6. The predicted octanol–water partition coefficient (Wildman–Crippen LogP) is 0.0514. The van der Waals surface area contributed by atoms with E-state index in [0.29, 0.717) is 31.9 Å². The van der Waals surface area contributed by atoms with E-state index in [2.05, 4.69) is 4.83 Å². The average Bonchev–Trinajstić information content (AvgIpc) is 2.39. The summed E-state index contributed by atoms with van der Waals surface area (Å²) >= 11 is 0. The number of carbonyl (C=O) groups is 1. The smallest absolute Gasteiger partial charge is 0.335 e. The SMILES string of the molecule is O=C(O)c1ccc(CS(=O)(=O)NN2CCOCC2)cc1. The molecule has 2 N–H and O–H groups in total. The Morgan fingerprint density at radius 3 is 2.40 bits per heavy atom. The Balaban J connectivity index is 1.98. The first-order chi connectivity index (χ1) is 9.46. The van der Waals surface area contributed by atoms with Crippen molar-refractivity contribution in [3.05, 3.63) is 35.4 Å². The third kappa shape index (κ3) is 4.27. The summed E-state index contributed by atoms with van der Waals surface area (Å²) in [6.45, 7) is 2.01. The molecule has 0 aliphatic carbocycles. The number of sulfonamides is 1. The highest BCUT2D eigenvalue weighted by Crippen LogP contribution is 2.08. The summed E-state index contributed by atoms with van der Waals surface area (Å²) < 4.78 is 29.1. The van der Waals surface area contributed by atoms with Crippen molar-refractivity contribution in [2.75, 3.05) is 26.3 Å². The molecule has 0 atom stereocenters. The minimum absolute atomic E-state index is 0.132. The van der Waals surface area contributed by atoms with Crippen molar-refractivity contribution >= 4 is 16.0 Å². The molecule has 0 amide bonds. The van der Waals surface area contributed by atoms with Crippen LogP contribution < -0.4 is 4.83 Å². The Bertz CT molecular complexity index is 564. The van der Waals surface area contributed by atoms with E-state index in [1.807, 2.05) is 0 Å². The molecular weight excluding hydrogens is 284 g/mol. The predicted molar refractivity (Wildman–Crippen MR) is 71.6 cm³/mol. The summed E-state index contributed by atoms with van der Waals surface area (Å²) in [7, 11) is -3.49. The molecule has 0 aromatic heterocycles. The summed E-state index contributed by atoms with van der Waals surface area (Å²) in [5, 5.41) is 10.4. The van der Waals surface area contributed by atoms with Crippen LogP contribution in [0.5, 0.6) is 0 Å². The van der Waals surface area contributed by atoms with Crippen LogP contribution in [0.2, 0.25) is 0 Å². The van der Waals surface area contributed by atoms with Gasteiger partial charge in [-0.25, -0.2) is 18.2 Å². The number of hydrogen-bond acceptors (Lipinski definition) is 5. The van der Waals surface area contributed by atoms with Gasteiger partial charge in [-0.1, -0.05) is 12.1 Å². The van der Waals surface area contributed by atoms with Crippen LogP contribution in [0.4, 0.5) is 0 Å². The summed E-state index contributed by atoms with van der Waals surface area (Å²) in [6.07, 6.45) is 0. The van der Waals surface area contributed by atoms with Crippen LogP contribution in [0.3, 0.4) is 0 Å². The first-order valence-corrected chi connectivity index (χ1v) is 7.76. The molecule has 1 aliphatic rings. The first-order valence-electron chi connectivity index (χ1n) is 6.11. The number of benzene rings is 1. The van der Waals surface area contributed by atoms with E-state index in [0.717, 1.165) is 0 Å². The van der Waals surface area contributed by atoms with Gasteiger partial charge < -0.3 is 9.84 Å². The summed E-state index contributed by atoms with van der Waals surface area (Å²) in [6, 6.07) is 5.79. The Hall–Kier alpha value is -1.48. The molecule has 8 heteroatoms. The van der Waals surface area contributed by atoms with Crippen LogP contribution in [0.25, 0.3) is 0 Å². The van der Waals surface area contributed by atoms with Crippen LogP contribution >= 0.6 is 0 Å². The van der Waals surface area contributed by atoms with Crippen molar-refractivity contribution in [1.82, 2.24) is 9.84 Å². The number of rotatable bonds is 5. The van der Waals surface area contributed by atoms with Crippen LogP contribution in [0.1, 0.15) is 15.9 Å². The number of carboxylic acids is 1. The number of aromatic carboxylic acids is 1. The molecule has 0 radical (unpaired) electrons. The standard InChI is InChI=1S/C12H16N2O5S/c15-12(16)11-3-1-10(2-4-11)9-20(17,18)13-14-5-7-19-8-6-14/h1-4,13H,5-9H2,(H,15,16). The highest BCUT2D eigenvalue weighted by Gasteiger charge is 2.18. The third-order valence-corrected chi connectivity index (χ3v) is 4.09. The number of nitrogens with zero attached hydrogens (tertiary/aromatic N) is 1. The number of morpholine rings is 1. The Labute approximate surface area is 117 Å². The second kappa shape index (κ2) is 6.31. The largest absolute Gasteiger partial charge is 0.478 e. The van der Waals surface area contributed by atoms with E-state index < -0.39 is 16.0 Å². The zero-order valence-electron chi connectivity index (χ0n) is 10.8. The van der Waals surface area contributed by atoms with Gasteiger partial charge in [-0.3, -0.25) is 0 Å². The van der Waals surface area contributed by atoms with E-state index in [4.69, 9.17) is 9.84 Å².